The Morgan fingerprint density at radius 3 is 2.83 bits per heavy atom. The maximum atomic E-state index is 12.8. The number of nitrogens with zero attached hydrogens (tertiary/aromatic N) is 6. The van der Waals surface area contributed by atoms with Crippen LogP contribution in [0.25, 0.3) is 0 Å². The molecule has 24 heavy (non-hydrogen) atoms. The van der Waals surface area contributed by atoms with Gasteiger partial charge in [-0.2, -0.15) is 10.4 Å². The summed E-state index contributed by atoms with van der Waals surface area (Å²) in [5.41, 5.74) is 1.10. The molecule has 3 rings (SSSR count). The molecule has 1 fully saturated rings. The number of hydrogen-bond acceptors (Lipinski definition) is 6. The van der Waals surface area contributed by atoms with Gasteiger partial charge in [0, 0.05) is 25.9 Å². The molecule has 0 bridgehead atoms. The van der Waals surface area contributed by atoms with Crippen molar-refractivity contribution < 1.29 is 4.79 Å². The second-order valence-electron chi connectivity index (χ2n) is 5.73. The smallest absolute Gasteiger partial charge is 0.241 e. The lowest BCUT2D eigenvalue weighted by atomic mass is 10.1. The van der Waals surface area contributed by atoms with Crippen molar-refractivity contribution in [3.05, 3.63) is 29.3 Å². The van der Waals surface area contributed by atoms with E-state index in [1.54, 1.807) is 23.4 Å². The van der Waals surface area contributed by atoms with Crippen molar-refractivity contribution in [2.75, 3.05) is 11.4 Å². The molecule has 1 aliphatic rings. The van der Waals surface area contributed by atoms with Crippen LogP contribution in [0.3, 0.4) is 0 Å². The van der Waals surface area contributed by atoms with Crippen molar-refractivity contribution in [1.82, 2.24) is 19.7 Å². The van der Waals surface area contributed by atoms with Gasteiger partial charge in [-0.1, -0.05) is 11.8 Å². The molecular weight excluding hydrogens is 324 g/mol. The SMILES string of the molecule is Cc1nc(C)c(C#N)c(S[C@@H]2CCCN(c3ccn(C)n3)C2=O)n1. The lowest BCUT2D eigenvalue weighted by Gasteiger charge is -2.30. The van der Waals surface area contributed by atoms with E-state index in [1.807, 2.05) is 19.3 Å². The first-order valence-corrected chi connectivity index (χ1v) is 8.60. The van der Waals surface area contributed by atoms with Gasteiger partial charge in [0.2, 0.25) is 5.91 Å². The molecular formula is C16H18N6OS. The van der Waals surface area contributed by atoms with Crippen molar-refractivity contribution in [2.45, 2.75) is 37.0 Å². The number of amides is 1. The molecule has 7 nitrogen and oxygen atoms in total. The van der Waals surface area contributed by atoms with Crippen LogP contribution in [-0.4, -0.2) is 37.5 Å². The Hall–Kier alpha value is -2.40. The van der Waals surface area contributed by atoms with E-state index in [-0.39, 0.29) is 11.2 Å². The van der Waals surface area contributed by atoms with Gasteiger partial charge in [-0.15, -0.1) is 0 Å². The summed E-state index contributed by atoms with van der Waals surface area (Å²) < 4.78 is 1.68. The summed E-state index contributed by atoms with van der Waals surface area (Å²) in [6, 6.07) is 3.99. The molecule has 0 spiro atoms. The number of piperidine rings is 1. The molecule has 0 saturated carbocycles. The third kappa shape index (κ3) is 3.12. The minimum Gasteiger partial charge on any atom is -0.294 e. The molecule has 0 aliphatic carbocycles. The number of anilines is 1. The van der Waals surface area contributed by atoms with Crippen LogP contribution in [0.1, 0.15) is 29.9 Å². The highest BCUT2D eigenvalue weighted by molar-refractivity contribution is 8.00. The lowest BCUT2D eigenvalue weighted by molar-refractivity contribution is -0.119. The van der Waals surface area contributed by atoms with Crippen molar-refractivity contribution in [2.24, 2.45) is 7.05 Å². The minimum atomic E-state index is -0.262. The Morgan fingerprint density at radius 1 is 1.38 bits per heavy atom. The zero-order valence-corrected chi connectivity index (χ0v) is 14.7. The summed E-state index contributed by atoms with van der Waals surface area (Å²) in [6.45, 7) is 4.25. The van der Waals surface area contributed by atoms with E-state index in [9.17, 15) is 10.1 Å². The number of nitriles is 1. The number of carbonyl (C=O) groups is 1. The van der Waals surface area contributed by atoms with Gasteiger partial charge in [-0.25, -0.2) is 9.97 Å². The summed E-state index contributed by atoms with van der Waals surface area (Å²) in [7, 11) is 1.83. The second-order valence-corrected chi connectivity index (χ2v) is 6.93. The molecule has 0 aromatic carbocycles. The van der Waals surface area contributed by atoms with Crippen molar-refractivity contribution in [1.29, 1.82) is 5.26 Å². The first-order valence-electron chi connectivity index (χ1n) is 7.72. The summed E-state index contributed by atoms with van der Waals surface area (Å²) >= 11 is 1.36. The molecule has 1 atom stereocenters. The first kappa shape index (κ1) is 16.5. The van der Waals surface area contributed by atoms with Crippen LogP contribution in [0, 0.1) is 25.2 Å². The largest absolute Gasteiger partial charge is 0.294 e. The zero-order chi connectivity index (χ0) is 17.3. The predicted molar refractivity (Wildman–Crippen MR) is 90.7 cm³/mol. The molecule has 2 aromatic heterocycles. The Kier molecular flexibility index (Phi) is 4.53. The average molecular weight is 342 g/mol. The van der Waals surface area contributed by atoms with Crippen LogP contribution >= 0.6 is 11.8 Å². The minimum absolute atomic E-state index is 0.0164. The average Bonchev–Trinajstić information content (AvgIpc) is 2.95. The van der Waals surface area contributed by atoms with Gasteiger partial charge >= 0.3 is 0 Å². The van der Waals surface area contributed by atoms with Gasteiger partial charge in [0.05, 0.1) is 10.9 Å². The van der Waals surface area contributed by atoms with E-state index in [1.165, 1.54) is 11.8 Å². The molecule has 8 heteroatoms. The lowest BCUT2D eigenvalue weighted by Crippen LogP contribution is -2.43. The molecule has 1 saturated heterocycles. The zero-order valence-electron chi connectivity index (χ0n) is 13.9. The third-order valence-corrected chi connectivity index (χ3v) is 5.14. The maximum absolute atomic E-state index is 12.8. The Morgan fingerprint density at radius 2 is 2.17 bits per heavy atom. The fourth-order valence-corrected chi connectivity index (χ4v) is 4.03. The van der Waals surface area contributed by atoms with E-state index >= 15 is 0 Å². The topological polar surface area (TPSA) is 87.7 Å². The molecule has 1 amide bonds. The second kappa shape index (κ2) is 6.61. The van der Waals surface area contributed by atoms with Gasteiger partial charge in [-0.05, 0) is 26.7 Å². The van der Waals surface area contributed by atoms with E-state index in [0.717, 1.165) is 12.8 Å². The third-order valence-electron chi connectivity index (χ3n) is 3.90. The summed E-state index contributed by atoms with van der Waals surface area (Å²) in [5.74, 6) is 1.30. The quantitative estimate of drug-likeness (QED) is 0.793. The molecule has 3 heterocycles. The van der Waals surface area contributed by atoms with Crippen molar-refractivity contribution in [3.63, 3.8) is 0 Å². The van der Waals surface area contributed by atoms with E-state index in [0.29, 0.717) is 34.5 Å². The van der Waals surface area contributed by atoms with Crippen LogP contribution in [0.15, 0.2) is 17.3 Å². The van der Waals surface area contributed by atoms with E-state index in [4.69, 9.17) is 0 Å². The maximum Gasteiger partial charge on any atom is 0.241 e. The Labute approximate surface area is 144 Å². The highest BCUT2D eigenvalue weighted by atomic mass is 32.2. The summed E-state index contributed by atoms with van der Waals surface area (Å²) in [5, 5.41) is 14.0. The van der Waals surface area contributed by atoms with E-state index < -0.39 is 0 Å². The van der Waals surface area contributed by atoms with Gasteiger partial charge in [0.1, 0.15) is 22.5 Å². The van der Waals surface area contributed by atoms with Gasteiger partial charge in [0.25, 0.3) is 0 Å². The molecule has 124 valence electrons. The predicted octanol–water partition coefficient (Wildman–Crippen LogP) is 1.99. The summed E-state index contributed by atoms with van der Waals surface area (Å²) in [6.07, 6.45) is 3.48. The normalized spacial score (nSPS) is 17.8. The highest BCUT2D eigenvalue weighted by Gasteiger charge is 2.32. The molecule has 0 radical (unpaired) electrons. The number of hydrogen-bond donors (Lipinski definition) is 0. The monoisotopic (exact) mass is 342 g/mol. The van der Waals surface area contributed by atoms with Crippen molar-refractivity contribution in [3.8, 4) is 6.07 Å². The fourth-order valence-electron chi connectivity index (χ4n) is 2.76. The van der Waals surface area contributed by atoms with Crippen LogP contribution < -0.4 is 4.90 Å². The fraction of sp³-hybridized carbons (Fsp3) is 0.438. The van der Waals surface area contributed by atoms with Crippen molar-refractivity contribution >= 4 is 23.5 Å². The van der Waals surface area contributed by atoms with Gasteiger partial charge in [-0.3, -0.25) is 14.4 Å². The number of thioether (sulfide) groups is 1. The Balaban J connectivity index is 1.86. The molecule has 0 N–H and O–H groups in total. The number of carbonyl (C=O) groups excluding carboxylic acids is 1. The molecule has 1 aliphatic heterocycles. The van der Waals surface area contributed by atoms with E-state index in [2.05, 4.69) is 21.1 Å². The number of aryl methyl sites for hydroxylation is 3. The molecule has 0 unspecified atom stereocenters. The Bertz CT molecular complexity index is 824. The first-order chi connectivity index (χ1) is 11.5. The van der Waals surface area contributed by atoms with Gasteiger partial charge in [0.15, 0.2) is 5.82 Å². The molecule has 2 aromatic rings. The van der Waals surface area contributed by atoms with Gasteiger partial charge < -0.3 is 0 Å². The van der Waals surface area contributed by atoms with Crippen LogP contribution in [0.2, 0.25) is 0 Å². The number of aromatic nitrogens is 4. The highest BCUT2D eigenvalue weighted by Crippen LogP contribution is 2.33. The summed E-state index contributed by atoms with van der Waals surface area (Å²) in [4.78, 5) is 23.2. The van der Waals surface area contributed by atoms with Crippen LogP contribution in [0.4, 0.5) is 5.82 Å². The van der Waals surface area contributed by atoms with Crippen LogP contribution in [0.5, 0.6) is 0 Å². The number of rotatable bonds is 3. The van der Waals surface area contributed by atoms with Crippen LogP contribution in [-0.2, 0) is 11.8 Å². The standard InChI is InChI=1S/C16H18N6OS/c1-10-12(9-17)15(19-11(2)18-10)24-13-5-4-7-22(16(13)23)14-6-8-21(3)20-14/h6,8,13H,4-5,7H2,1-3H3/t13-/m1/s1.